The van der Waals surface area contributed by atoms with Crippen LogP contribution in [-0.4, -0.2) is 49.6 Å². The topological polar surface area (TPSA) is 116 Å². The van der Waals surface area contributed by atoms with Crippen LogP contribution in [0.2, 0.25) is 0 Å². The lowest BCUT2D eigenvalue weighted by Gasteiger charge is -2.09. The Morgan fingerprint density at radius 1 is 1.34 bits per heavy atom. The molecule has 0 spiro atoms. The summed E-state index contributed by atoms with van der Waals surface area (Å²) in [6.07, 6.45) is 2.66. The Balaban J connectivity index is 2.04. The first-order valence-corrected chi connectivity index (χ1v) is 10.0. The van der Waals surface area contributed by atoms with Crippen molar-refractivity contribution in [1.82, 2.24) is 5.32 Å². The third kappa shape index (κ3) is 7.35. The summed E-state index contributed by atoms with van der Waals surface area (Å²) in [6, 6.07) is 5.29. The number of hydrogen-bond acceptors (Lipinski definition) is 9. The van der Waals surface area contributed by atoms with Gasteiger partial charge in [-0.25, -0.2) is 4.79 Å². The predicted octanol–water partition coefficient (Wildman–Crippen LogP) is 2.39. The quantitative estimate of drug-likeness (QED) is 0.261. The molecule has 1 heterocycles. The summed E-state index contributed by atoms with van der Waals surface area (Å²) in [7, 11) is 1.22. The van der Waals surface area contributed by atoms with Crippen molar-refractivity contribution in [2.75, 3.05) is 20.3 Å². The van der Waals surface area contributed by atoms with Crippen LogP contribution in [0, 0.1) is 0 Å². The Morgan fingerprint density at radius 2 is 2.14 bits per heavy atom. The first kappa shape index (κ1) is 22.6. The highest BCUT2D eigenvalue weighted by molar-refractivity contribution is 9.10. The number of thioether (sulfide) groups is 1. The van der Waals surface area contributed by atoms with Crippen molar-refractivity contribution in [1.29, 1.82) is 0 Å². The molecule has 0 atom stereocenters. The molecular weight excluding hydrogens is 466 g/mol. The average molecular weight is 484 g/mol. The van der Waals surface area contributed by atoms with E-state index in [0.717, 1.165) is 22.3 Å². The highest BCUT2D eigenvalue weighted by Gasteiger charge is 2.25. The highest BCUT2D eigenvalue weighted by Crippen LogP contribution is 2.24. The van der Waals surface area contributed by atoms with Crippen molar-refractivity contribution >= 4 is 56.9 Å². The number of carbonyl (C=O) groups excluding carboxylic acids is 3. The van der Waals surface area contributed by atoms with E-state index in [0.29, 0.717) is 17.9 Å². The number of amides is 1. The number of benzene rings is 1. The molecule has 0 bridgehead atoms. The summed E-state index contributed by atoms with van der Waals surface area (Å²) in [5, 5.41) is 10.6. The van der Waals surface area contributed by atoms with Gasteiger partial charge in [0.15, 0.2) is 5.17 Å². The Bertz CT molecular complexity index is 884. The van der Waals surface area contributed by atoms with Crippen LogP contribution in [0.4, 0.5) is 0 Å². The fraction of sp³-hybridized carbons (Fsp3) is 0.278. The summed E-state index contributed by atoms with van der Waals surface area (Å²) >= 11 is 4.34. The number of esters is 2. The molecule has 154 valence electrons. The second-order valence-corrected chi connectivity index (χ2v) is 7.27. The minimum Gasteiger partial charge on any atom is -0.492 e. The van der Waals surface area contributed by atoms with E-state index in [1.54, 1.807) is 25.1 Å². The van der Waals surface area contributed by atoms with E-state index < -0.39 is 11.9 Å². The maximum Gasteiger partial charge on any atom is 0.331 e. The molecule has 0 aliphatic carbocycles. The van der Waals surface area contributed by atoms with Crippen molar-refractivity contribution < 1.29 is 28.6 Å². The van der Waals surface area contributed by atoms with E-state index >= 15 is 0 Å². The number of nitrogens with one attached hydrogen (secondary N) is 1. The van der Waals surface area contributed by atoms with Crippen LogP contribution in [0.25, 0.3) is 0 Å². The van der Waals surface area contributed by atoms with Crippen LogP contribution in [0.1, 0.15) is 18.9 Å². The first-order chi connectivity index (χ1) is 13.9. The zero-order chi connectivity index (χ0) is 21.2. The maximum absolute atomic E-state index is 11.8. The average Bonchev–Trinajstić information content (AvgIpc) is 3.02. The summed E-state index contributed by atoms with van der Waals surface area (Å²) in [4.78, 5) is 34.6. The molecule has 29 heavy (non-hydrogen) atoms. The molecule has 1 saturated heterocycles. The molecule has 1 aliphatic heterocycles. The number of hydrogen-bond donors (Lipinski definition) is 1. The lowest BCUT2D eigenvalue weighted by atomic mass is 10.2. The minimum absolute atomic E-state index is 0.126. The molecular formula is C18H18BrN3O6S. The molecule has 1 N–H and O–H groups in total. The van der Waals surface area contributed by atoms with Crippen LogP contribution in [0.5, 0.6) is 5.75 Å². The lowest BCUT2D eigenvalue weighted by Crippen LogP contribution is -2.19. The van der Waals surface area contributed by atoms with Gasteiger partial charge in [0.25, 0.3) is 5.91 Å². The number of methoxy groups -OCH3 is 1. The smallest absolute Gasteiger partial charge is 0.331 e. The Morgan fingerprint density at radius 3 is 2.86 bits per heavy atom. The lowest BCUT2D eigenvalue weighted by molar-refractivity contribution is -0.143. The monoisotopic (exact) mass is 483 g/mol. The molecule has 1 aromatic carbocycles. The van der Waals surface area contributed by atoms with Crippen LogP contribution >= 0.6 is 27.7 Å². The van der Waals surface area contributed by atoms with Crippen molar-refractivity contribution in [2.45, 2.75) is 13.3 Å². The molecule has 1 aliphatic rings. The van der Waals surface area contributed by atoms with E-state index in [-0.39, 0.29) is 29.1 Å². The van der Waals surface area contributed by atoms with Gasteiger partial charge in [0.2, 0.25) is 0 Å². The van der Waals surface area contributed by atoms with E-state index in [1.807, 2.05) is 0 Å². The van der Waals surface area contributed by atoms with Crippen LogP contribution < -0.4 is 10.1 Å². The second-order valence-electron chi connectivity index (χ2n) is 5.32. The van der Waals surface area contributed by atoms with Gasteiger partial charge >= 0.3 is 11.9 Å². The largest absolute Gasteiger partial charge is 0.492 e. The minimum atomic E-state index is -0.633. The molecule has 11 heteroatoms. The highest BCUT2D eigenvalue weighted by atomic mass is 79.9. The number of amidine groups is 1. The van der Waals surface area contributed by atoms with Gasteiger partial charge in [0.1, 0.15) is 5.75 Å². The number of nitrogens with zero attached hydrogens (tertiary/aromatic N) is 2. The molecule has 0 radical (unpaired) electrons. The third-order valence-corrected chi connectivity index (χ3v) is 4.68. The van der Waals surface area contributed by atoms with Crippen molar-refractivity contribution in [3.05, 3.63) is 39.2 Å². The maximum atomic E-state index is 11.8. The van der Waals surface area contributed by atoms with Crippen molar-refractivity contribution in [2.24, 2.45) is 10.2 Å². The molecule has 1 fully saturated rings. The van der Waals surface area contributed by atoms with Crippen LogP contribution in [0.3, 0.4) is 0 Å². The van der Waals surface area contributed by atoms with Gasteiger partial charge in [-0.2, -0.15) is 5.10 Å². The molecule has 0 unspecified atom stereocenters. The molecule has 9 nitrogen and oxygen atoms in total. The number of halogens is 1. The molecule has 0 saturated carbocycles. The first-order valence-electron chi connectivity index (χ1n) is 8.40. The van der Waals surface area contributed by atoms with Crippen LogP contribution in [-0.2, 0) is 23.9 Å². The van der Waals surface area contributed by atoms with Gasteiger partial charge in [-0.05, 0) is 36.9 Å². The molecule has 1 amide bonds. The van der Waals surface area contributed by atoms with Gasteiger partial charge in [-0.15, -0.1) is 5.10 Å². The number of ether oxygens (including phenoxy) is 3. The molecule has 1 aromatic rings. The Labute approximate surface area is 179 Å². The standard InChI is InChI=1S/C18H18BrN3O6S/c1-3-27-15(23)6-7-28-13-5-4-12(19)8-11(13)10-20-22-18-21-17(25)14(29-18)9-16(24)26-2/h4-5,8-10H,3,6-7H2,1-2H3,(H,21,22,25)/b14-9+,20-10?. The van der Waals surface area contributed by atoms with E-state index in [1.165, 1.54) is 13.3 Å². The number of rotatable bonds is 8. The Hall–Kier alpha value is -2.66. The summed E-state index contributed by atoms with van der Waals surface area (Å²) in [5.74, 6) is -0.919. The van der Waals surface area contributed by atoms with Gasteiger partial charge in [-0.3, -0.25) is 14.9 Å². The fourth-order valence-corrected chi connectivity index (χ4v) is 3.13. The second kappa shape index (κ2) is 11.4. The molecule has 0 aromatic heterocycles. The van der Waals surface area contributed by atoms with Crippen molar-refractivity contribution in [3.8, 4) is 5.75 Å². The SMILES string of the molecule is CCOC(=O)CCOc1ccc(Br)cc1C=N/N=C1/NC(=O)/C(=C\C(=O)OC)S1. The van der Waals surface area contributed by atoms with E-state index in [9.17, 15) is 14.4 Å². The van der Waals surface area contributed by atoms with Gasteiger partial charge in [-0.1, -0.05) is 15.9 Å². The van der Waals surface area contributed by atoms with Gasteiger partial charge in [0.05, 0.1) is 37.9 Å². The Kier molecular flexibility index (Phi) is 8.87. The van der Waals surface area contributed by atoms with E-state index in [4.69, 9.17) is 9.47 Å². The zero-order valence-electron chi connectivity index (χ0n) is 15.6. The van der Waals surface area contributed by atoms with Gasteiger partial charge in [0, 0.05) is 16.1 Å². The number of carbonyl (C=O) groups is 3. The summed E-state index contributed by atoms with van der Waals surface area (Å²) in [5.41, 5.74) is 0.618. The fourth-order valence-electron chi connectivity index (χ4n) is 2.01. The third-order valence-electron chi connectivity index (χ3n) is 3.29. The summed E-state index contributed by atoms with van der Waals surface area (Å²) < 4.78 is 15.8. The van der Waals surface area contributed by atoms with Crippen molar-refractivity contribution in [3.63, 3.8) is 0 Å². The summed E-state index contributed by atoms with van der Waals surface area (Å²) in [6.45, 7) is 2.21. The zero-order valence-corrected chi connectivity index (χ0v) is 18.0. The van der Waals surface area contributed by atoms with E-state index in [2.05, 4.69) is 36.2 Å². The van der Waals surface area contributed by atoms with Crippen LogP contribution in [0.15, 0.2) is 43.9 Å². The normalized spacial score (nSPS) is 16.3. The molecule has 2 rings (SSSR count). The van der Waals surface area contributed by atoms with Gasteiger partial charge < -0.3 is 14.2 Å². The predicted molar refractivity (Wildman–Crippen MR) is 112 cm³/mol.